The Kier molecular flexibility index (Phi) is 3.62. The van der Waals surface area contributed by atoms with Crippen LogP contribution >= 0.6 is 0 Å². The van der Waals surface area contributed by atoms with Crippen LogP contribution in [0.5, 0.6) is 0 Å². The highest BCUT2D eigenvalue weighted by atomic mass is 16.6. The SMILES string of the molecule is O=c1[nH]cc(CC2O[C@H](CO)[C@@H](O)[C@@H]2O)c(=O)[nH]1. The normalized spacial score (nSPS) is 31.7. The molecule has 0 amide bonds. The second kappa shape index (κ2) is 5.02. The average molecular weight is 258 g/mol. The third-order valence-corrected chi connectivity index (χ3v) is 2.96. The number of aliphatic hydroxyl groups is 3. The number of hydrogen-bond donors (Lipinski definition) is 5. The standard InChI is InChI=1S/C10H14N2O6/c13-3-6-8(15)7(14)5(18-6)1-4-2-11-10(17)12-9(4)16/h2,5-8,13-15H,1,3H2,(H2,11,12,16,17)/t5?,6-,7-,8-/m1/s1. The minimum absolute atomic E-state index is 0.0286. The van der Waals surface area contributed by atoms with Crippen LogP contribution in [0.3, 0.4) is 0 Å². The molecule has 100 valence electrons. The summed E-state index contributed by atoms with van der Waals surface area (Å²) in [5.41, 5.74) is -0.967. The number of aromatic amines is 2. The van der Waals surface area contributed by atoms with Crippen LogP contribution < -0.4 is 11.2 Å². The second-order valence-electron chi connectivity index (χ2n) is 4.18. The van der Waals surface area contributed by atoms with Crippen molar-refractivity contribution < 1.29 is 20.1 Å². The molecule has 1 saturated heterocycles. The maximum absolute atomic E-state index is 11.4. The molecule has 0 saturated carbocycles. The molecule has 1 aromatic heterocycles. The molecule has 0 spiro atoms. The van der Waals surface area contributed by atoms with Crippen molar-refractivity contribution in [3.8, 4) is 0 Å². The Morgan fingerprint density at radius 1 is 1.22 bits per heavy atom. The molecule has 1 fully saturated rings. The van der Waals surface area contributed by atoms with Crippen LogP contribution in [-0.4, -0.2) is 56.3 Å². The van der Waals surface area contributed by atoms with Gasteiger partial charge in [-0.3, -0.25) is 9.78 Å². The van der Waals surface area contributed by atoms with Crippen LogP contribution in [0, 0.1) is 0 Å². The zero-order valence-corrected chi connectivity index (χ0v) is 9.37. The van der Waals surface area contributed by atoms with Gasteiger partial charge in [0.05, 0.1) is 12.7 Å². The zero-order valence-electron chi connectivity index (χ0n) is 9.37. The molecule has 4 atom stereocenters. The van der Waals surface area contributed by atoms with Gasteiger partial charge in [-0.05, 0) is 0 Å². The molecule has 2 heterocycles. The molecular weight excluding hydrogens is 244 g/mol. The van der Waals surface area contributed by atoms with Crippen LogP contribution in [0.25, 0.3) is 0 Å². The van der Waals surface area contributed by atoms with Gasteiger partial charge >= 0.3 is 5.69 Å². The van der Waals surface area contributed by atoms with Gasteiger partial charge in [0.1, 0.15) is 18.3 Å². The summed E-state index contributed by atoms with van der Waals surface area (Å²) in [6.07, 6.45) is -2.79. The summed E-state index contributed by atoms with van der Waals surface area (Å²) in [7, 11) is 0. The molecule has 1 aliphatic heterocycles. The first-order valence-corrected chi connectivity index (χ1v) is 5.46. The largest absolute Gasteiger partial charge is 0.394 e. The van der Waals surface area contributed by atoms with Crippen molar-refractivity contribution in [2.45, 2.75) is 30.8 Å². The highest BCUT2D eigenvalue weighted by Gasteiger charge is 2.42. The maximum atomic E-state index is 11.4. The van der Waals surface area contributed by atoms with Gasteiger partial charge in [0.2, 0.25) is 0 Å². The van der Waals surface area contributed by atoms with E-state index in [9.17, 15) is 19.8 Å². The van der Waals surface area contributed by atoms with Gasteiger partial charge in [0.25, 0.3) is 5.56 Å². The summed E-state index contributed by atoms with van der Waals surface area (Å²) < 4.78 is 5.23. The molecule has 0 radical (unpaired) electrons. The third kappa shape index (κ3) is 2.36. The number of nitrogens with one attached hydrogen (secondary N) is 2. The Morgan fingerprint density at radius 3 is 2.44 bits per heavy atom. The van der Waals surface area contributed by atoms with E-state index in [-0.39, 0.29) is 12.0 Å². The monoisotopic (exact) mass is 258 g/mol. The van der Waals surface area contributed by atoms with E-state index in [1.807, 2.05) is 4.98 Å². The summed E-state index contributed by atoms with van der Waals surface area (Å²) in [5, 5.41) is 28.2. The molecule has 1 unspecified atom stereocenters. The molecule has 1 aromatic rings. The van der Waals surface area contributed by atoms with E-state index in [4.69, 9.17) is 9.84 Å². The first-order valence-electron chi connectivity index (χ1n) is 5.46. The summed E-state index contributed by atoms with van der Waals surface area (Å²) in [6, 6.07) is 0. The van der Waals surface area contributed by atoms with Crippen molar-refractivity contribution in [3.05, 3.63) is 32.6 Å². The Hall–Kier alpha value is -1.48. The first-order chi connectivity index (χ1) is 8.52. The molecule has 2 rings (SSSR count). The number of aliphatic hydroxyl groups excluding tert-OH is 3. The summed E-state index contributed by atoms with van der Waals surface area (Å²) in [5.74, 6) is 0. The fourth-order valence-corrected chi connectivity index (χ4v) is 1.95. The van der Waals surface area contributed by atoms with Crippen molar-refractivity contribution >= 4 is 0 Å². The van der Waals surface area contributed by atoms with E-state index in [0.717, 1.165) is 0 Å². The quantitative estimate of drug-likeness (QED) is 0.394. The summed E-state index contributed by atoms with van der Waals surface area (Å²) in [6.45, 7) is -0.420. The van der Waals surface area contributed by atoms with Crippen molar-refractivity contribution in [2.24, 2.45) is 0 Å². The van der Waals surface area contributed by atoms with Gasteiger partial charge in [-0.2, -0.15) is 0 Å². The predicted molar refractivity (Wildman–Crippen MR) is 59.1 cm³/mol. The zero-order chi connectivity index (χ0) is 13.3. The van der Waals surface area contributed by atoms with Crippen molar-refractivity contribution in [2.75, 3.05) is 6.61 Å². The van der Waals surface area contributed by atoms with E-state index in [0.29, 0.717) is 0 Å². The van der Waals surface area contributed by atoms with Gasteiger partial charge in [0.15, 0.2) is 0 Å². The smallest absolute Gasteiger partial charge is 0.325 e. The van der Waals surface area contributed by atoms with Crippen LogP contribution in [-0.2, 0) is 11.2 Å². The Labute approximate surface area is 101 Å². The van der Waals surface area contributed by atoms with Crippen LogP contribution in [0.1, 0.15) is 5.56 Å². The molecule has 0 bridgehead atoms. The second-order valence-corrected chi connectivity index (χ2v) is 4.18. The average Bonchev–Trinajstić information content (AvgIpc) is 2.60. The molecule has 5 N–H and O–H groups in total. The van der Waals surface area contributed by atoms with Crippen LogP contribution in [0.4, 0.5) is 0 Å². The van der Waals surface area contributed by atoms with Crippen molar-refractivity contribution in [1.82, 2.24) is 9.97 Å². The number of ether oxygens (including phenoxy) is 1. The predicted octanol–water partition coefficient (Wildman–Crippen LogP) is -2.91. The fraction of sp³-hybridized carbons (Fsp3) is 0.600. The van der Waals surface area contributed by atoms with Gasteiger partial charge < -0.3 is 25.0 Å². The third-order valence-electron chi connectivity index (χ3n) is 2.96. The molecule has 18 heavy (non-hydrogen) atoms. The van der Waals surface area contributed by atoms with Crippen LogP contribution in [0.2, 0.25) is 0 Å². The fourth-order valence-electron chi connectivity index (χ4n) is 1.95. The number of aromatic nitrogens is 2. The molecule has 1 aliphatic rings. The minimum Gasteiger partial charge on any atom is -0.394 e. The van der Waals surface area contributed by atoms with E-state index >= 15 is 0 Å². The Bertz CT molecular complexity index is 524. The summed E-state index contributed by atoms with van der Waals surface area (Å²) >= 11 is 0. The highest BCUT2D eigenvalue weighted by Crippen LogP contribution is 2.22. The molecule has 8 heteroatoms. The lowest BCUT2D eigenvalue weighted by atomic mass is 10.0. The Morgan fingerprint density at radius 2 is 1.89 bits per heavy atom. The Balaban J connectivity index is 2.15. The maximum Gasteiger partial charge on any atom is 0.325 e. The van der Waals surface area contributed by atoms with Crippen molar-refractivity contribution in [1.29, 1.82) is 0 Å². The number of H-pyrrole nitrogens is 2. The van der Waals surface area contributed by atoms with E-state index in [1.165, 1.54) is 6.20 Å². The number of rotatable bonds is 3. The minimum atomic E-state index is -1.19. The van der Waals surface area contributed by atoms with E-state index < -0.39 is 42.3 Å². The van der Waals surface area contributed by atoms with Gasteiger partial charge in [0, 0.05) is 18.2 Å². The summed E-state index contributed by atoms with van der Waals surface area (Å²) in [4.78, 5) is 26.6. The van der Waals surface area contributed by atoms with Crippen LogP contribution in [0.15, 0.2) is 15.8 Å². The molecular formula is C10H14N2O6. The molecule has 8 nitrogen and oxygen atoms in total. The van der Waals surface area contributed by atoms with Gasteiger partial charge in [-0.15, -0.1) is 0 Å². The highest BCUT2D eigenvalue weighted by molar-refractivity contribution is 5.07. The number of hydrogen-bond acceptors (Lipinski definition) is 6. The lowest BCUT2D eigenvalue weighted by Crippen LogP contribution is -2.35. The van der Waals surface area contributed by atoms with E-state index in [2.05, 4.69) is 4.98 Å². The van der Waals surface area contributed by atoms with Crippen molar-refractivity contribution in [3.63, 3.8) is 0 Å². The molecule has 0 aliphatic carbocycles. The molecule has 0 aromatic carbocycles. The van der Waals surface area contributed by atoms with Gasteiger partial charge in [-0.25, -0.2) is 4.79 Å². The first kappa shape index (κ1) is 13.0. The topological polar surface area (TPSA) is 136 Å². The lowest BCUT2D eigenvalue weighted by Gasteiger charge is -2.13. The lowest BCUT2D eigenvalue weighted by molar-refractivity contribution is -0.0216. The van der Waals surface area contributed by atoms with E-state index in [1.54, 1.807) is 0 Å². The van der Waals surface area contributed by atoms with Gasteiger partial charge in [-0.1, -0.05) is 0 Å².